The van der Waals surface area contributed by atoms with Gasteiger partial charge in [-0.3, -0.25) is 39.5 Å². The molecule has 4 amide bonds. The smallest absolute Gasteiger partial charge is 0.293 e. The molecule has 2 aromatic heterocycles. The lowest BCUT2D eigenvalue weighted by Crippen LogP contribution is -2.52. The number of nitro benzene ring substituents is 1. The van der Waals surface area contributed by atoms with Crippen LogP contribution in [0, 0.1) is 33.3 Å². The third kappa shape index (κ3) is 16.3. The second-order valence-corrected chi connectivity index (χ2v) is 26.6. The number of hydrogen-bond donors (Lipinski definition) is 4. The fraction of sp³-hybridized carbons (Fsp3) is 0.418. The van der Waals surface area contributed by atoms with E-state index in [0.717, 1.165) is 98.1 Å². The van der Waals surface area contributed by atoms with Crippen molar-refractivity contribution in [2.45, 2.75) is 76.3 Å². The number of imide groups is 1. The number of sulfonamides is 1. The first-order valence-corrected chi connectivity index (χ1v) is 32.8. The summed E-state index contributed by atoms with van der Waals surface area (Å²) in [6.45, 7) is 13.7. The molecule has 3 saturated heterocycles. The largest absolute Gasteiger partial charge is 0.455 e. The molecule has 0 radical (unpaired) electrons. The Balaban J connectivity index is 0.626. The molecule has 3 fully saturated rings. The molecule has 6 heterocycles. The molecule has 91 heavy (non-hydrogen) atoms. The van der Waals surface area contributed by atoms with E-state index in [9.17, 15) is 37.7 Å². The average Bonchev–Trinajstić information content (AvgIpc) is 2.02. The van der Waals surface area contributed by atoms with Crippen LogP contribution < -0.4 is 25.0 Å². The van der Waals surface area contributed by atoms with E-state index in [2.05, 4.69) is 77.8 Å². The number of fused-ring (bicyclic) bond motifs is 2. The normalized spacial score (nSPS) is 18.8. The Morgan fingerprint density at radius 1 is 0.879 bits per heavy atom. The molecule has 4 aromatic carbocycles. The van der Waals surface area contributed by atoms with Crippen molar-refractivity contribution in [1.29, 1.82) is 0 Å². The van der Waals surface area contributed by atoms with Crippen LogP contribution in [-0.4, -0.2) is 166 Å². The Morgan fingerprint density at radius 3 is 2.46 bits per heavy atom. The number of carbonyl (C=O) groups excluding carboxylic acids is 4. The van der Waals surface area contributed by atoms with Crippen LogP contribution in [0.25, 0.3) is 16.6 Å². The summed E-state index contributed by atoms with van der Waals surface area (Å²) in [6.07, 6.45) is 8.74. The number of rotatable bonds is 24. The number of ether oxygens (including phenoxy) is 4. The number of H-pyrrole nitrogens is 1. The molecule has 6 aromatic rings. The minimum Gasteiger partial charge on any atom is -0.455 e. The molecule has 2 unspecified atom stereocenters. The highest BCUT2D eigenvalue weighted by atomic mass is 35.5. The maximum absolute atomic E-state index is 14.2. The Kier molecular flexibility index (Phi) is 20.5. The van der Waals surface area contributed by atoms with Crippen molar-refractivity contribution >= 4 is 78.9 Å². The average molecular weight is 1280 g/mol. The number of amides is 4. The lowest BCUT2D eigenvalue weighted by Gasteiger charge is -2.39. The summed E-state index contributed by atoms with van der Waals surface area (Å²) in [5, 5.41) is 19.5. The predicted octanol–water partition coefficient (Wildman–Crippen LogP) is 8.81. The number of aromatic amines is 1. The second-order valence-electron chi connectivity index (χ2n) is 24.5. The molecule has 11 rings (SSSR count). The molecule has 5 aliphatic rings. The van der Waals surface area contributed by atoms with E-state index in [-0.39, 0.29) is 59.7 Å². The van der Waals surface area contributed by atoms with E-state index in [1.165, 1.54) is 46.0 Å². The fourth-order valence-electron chi connectivity index (χ4n) is 12.5. The monoisotopic (exact) mass is 1280 g/mol. The summed E-state index contributed by atoms with van der Waals surface area (Å²) in [4.78, 5) is 78.5. The van der Waals surface area contributed by atoms with E-state index in [4.69, 9.17) is 30.5 Å². The van der Waals surface area contributed by atoms with Crippen LogP contribution in [-0.2, 0) is 40.4 Å². The lowest BCUT2D eigenvalue weighted by molar-refractivity contribution is -0.384. The molecule has 4 N–H and O–H groups in total. The molecule has 0 bridgehead atoms. The first-order chi connectivity index (χ1) is 43.9. The minimum atomic E-state index is -4.64. The molecule has 22 nitrogen and oxygen atoms in total. The SMILES string of the molecule is CC1(C)CCC(CN2CCN(c3ccc(C(=O)NS(=O)(=O)c4ccc(NCC5CCCN(CCOCCOCCOCC#Cc6ccc7c(c6)CN(C6CCC(=O)NC6=O)C7=O)C5)c([N+](=O)[O-])c4)c(Oc4cnc5[nH]ccc5c4)c3)CC2)=C(c2ccc(Cl)cc2)C1. The Morgan fingerprint density at radius 2 is 1.67 bits per heavy atom. The van der Waals surface area contributed by atoms with Crippen LogP contribution >= 0.6 is 11.6 Å². The van der Waals surface area contributed by atoms with Gasteiger partial charge in [0.1, 0.15) is 35.5 Å². The predicted molar refractivity (Wildman–Crippen MR) is 344 cm³/mol. The standard InChI is InChI=1S/C67H75ClN10O12S/c1-67(2)21-19-49(57(39-67)47-8-10-51(68)11-9-47)43-75-24-26-76(27-25-75)52-12-15-56(61(37-52)90-53-36-48-20-22-69-63(48)71-41-53)64(80)73-91(85,86)54-13-16-58(60(38-54)78(83)84)70-40-46-5-3-23-74(42-46)28-30-88-32-34-89-33-31-87-29-4-6-45-7-14-55-50(35-45)44-77(66(55)82)59-17-18-62(79)72-65(59)81/h7-16,20,22,35-38,41,46,59,70H,3,5,17-19,21,23-34,39-40,42-44H2,1-2H3,(H,69,71)(H,73,80)(H,72,79,81). The third-order valence-electron chi connectivity index (χ3n) is 17.5. The number of carbonyl (C=O) groups is 4. The van der Waals surface area contributed by atoms with Gasteiger partial charge in [0, 0.05) is 111 Å². The molecule has 2 atom stereocenters. The summed E-state index contributed by atoms with van der Waals surface area (Å²) in [5.74, 6) is 4.65. The highest BCUT2D eigenvalue weighted by Gasteiger charge is 2.39. The van der Waals surface area contributed by atoms with Gasteiger partial charge in [0.05, 0.1) is 54.6 Å². The number of nitro groups is 1. The van der Waals surface area contributed by atoms with Gasteiger partial charge in [-0.05, 0) is 140 Å². The number of piperazine rings is 1. The number of nitrogens with one attached hydrogen (secondary N) is 4. The number of pyridine rings is 1. The van der Waals surface area contributed by atoms with Crippen molar-refractivity contribution in [1.82, 2.24) is 34.7 Å². The van der Waals surface area contributed by atoms with E-state index in [0.29, 0.717) is 82.6 Å². The quantitative estimate of drug-likeness (QED) is 0.0145. The molecule has 1 aliphatic carbocycles. The Bertz CT molecular complexity index is 3910. The van der Waals surface area contributed by atoms with Gasteiger partial charge >= 0.3 is 0 Å². The van der Waals surface area contributed by atoms with Crippen molar-refractivity contribution in [2.24, 2.45) is 11.3 Å². The van der Waals surface area contributed by atoms with Gasteiger partial charge in [0.15, 0.2) is 0 Å². The zero-order valence-electron chi connectivity index (χ0n) is 51.1. The number of halogens is 1. The number of likely N-dealkylation sites (tertiary alicyclic amines) is 1. The first-order valence-electron chi connectivity index (χ1n) is 30.9. The molecule has 0 saturated carbocycles. The van der Waals surface area contributed by atoms with Gasteiger partial charge in [-0.2, -0.15) is 0 Å². The number of piperidine rings is 2. The molecule has 24 heteroatoms. The van der Waals surface area contributed by atoms with Crippen LogP contribution in [0.4, 0.5) is 17.1 Å². The molecular weight excluding hydrogens is 1200 g/mol. The summed E-state index contributed by atoms with van der Waals surface area (Å²) in [7, 11) is -4.64. The van der Waals surface area contributed by atoms with Crippen LogP contribution in [0.15, 0.2) is 114 Å². The number of benzene rings is 4. The Hall–Kier alpha value is -8.21. The highest BCUT2D eigenvalue weighted by Crippen LogP contribution is 2.44. The highest BCUT2D eigenvalue weighted by molar-refractivity contribution is 7.90. The van der Waals surface area contributed by atoms with E-state index in [1.807, 2.05) is 24.3 Å². The van der Waals surface area contributed by atoms with Crippen LogP contribution in [0.5, 0.6) is 11.5 Å². The number of hydrogen-bond acceptors (Lipinski definition) is 17. The second kappa shape index (κ2) is 29.0. The van der Waals surface area contributed by atoms with E-state index in [1.54, 1.807) is 36.5 Å². The van der Waals surface area contributed by atoms with E-state index < -0.39 is 43.4 Å². The van der Waals surface area contributed by atoms with Gasteiger partial charge in [-0.25, -0.2) is 18.1 Å². The number of allylic oxidation sites excluding steroid dienone is 1. The topological polar surface area (TPSA) is 260 Å². The zero-order valence-corrected chi connectivity index (χ0v) is 52.7. The van der Waals surface area contributed by atoms with Crippen LogP contribution in [0.2, 0.25) is 5.02 Å². The van der Waals surface area contributed by atoms with Gasteiger partial charge < -0.3 is 43.9 Å². The molecule has 0 spiro atoms. The van der Waals surface area contributed by atoms with Crippen LogP contribution in [0.3, 0.4) is 0 Å². The van der Waals surface area contributed by atoms with E-state index >= 15 is 0 Å². The minimum absolute atomic E-state index is 0.0601. The van der Waals surface area contributed by atoms with Gasteiger partial charge in [0.2, 0.25) is 11.8 Å². The molecular formula is C67H75ClN10O12S. The summed E-state index contributed by atoms with van der Waals surface area (Å²) >= 11 is 6.27. The zero-order chi connectivity index (χ0) is 63.7. The number of nitrogens with zero attached hydrogens (tertiary/aromatic N) is 6. The molecule has 478 valence electrons. The van der Waals surface area contributed by atoms with Gasteiger partial charge in [-0.1, -0.05) is 55.0 Å². The summed E-state index contributed by atoms with van der Waals surface area (Å²) in [6, 6.07) is 25.0. The van der Waals surface area contributed by atoms with Crippen molar-refractivity contribution in [3.05, 3.63) is 152 Å². The Labute approximate surface area is 534 Å². The van der Waals surface area contributed by atoms with Crippen LogP contribution in [0.1, 0.15) is 96.2 Å². The molecule has 4 aliphatic heterocycles. The maximum Gasteiger partial charge on any atom is 0.293 e. The summed E-state index contributed by atoms with van der Waals surface area (Å²) in [5.41, 5.74) is 7.39. The number of anilines is 2. The van der Waals surface area contributed by atoms with Crippen molar-refractivity contribution < 1.29 is 51.5 Å². The first kappa shape index (κ1) is 64.3. The third-order valence-corrected chi connectivity index (χ3v) is 19.0. The maximum atomic E-state index is 14.2. The fourth-order valence-corrected chi connectivity index (χ4v) is 13.6. The van der Waals surface area contributed by atoms with Crippen molar-refractivity contribution in [3.63, 3.8) is 0 Å². The lowest BCUT2D eigenvalue weighted by atomic mass is 9.72. The van der Waals surface area contributed by atoms with Crippen molar-refractivity contribution in [2.75, 3.05) is 109 Å². The number of aromatic nitrogens is 2. The summed E-state index contributed by atoms with van der Waals surface area (Å²) < 4.78 is 53.6. The van der Waals surface area contributed by atoms with Crippen molar-refractivity contribution in [3.8, 4) is 23.3 Å². The van der Waals surface area contributed by atoms with Gasteiger partial charge in [0.25, 0.3) is 27.5 Å². The van der Waals surface area contributed by atoms with Gasteiger partial charge in [-0.15, -0.1) is 0 Å².